The van der Waals surface area contributed by atoms with E-state index >= 15 is 0 Å². The van der Waals surface area contributed by atoms with Crippen molar-refractivity contribution in [3.05, 3.63) is 84.4 Å². The fourth-order valence-electron chi connectivity index (χ4n) is 3.75. The first-order valence-electron chi connectivity index (χ1n) is 8.83. The van der Waals surface area contributed by atoms with Crippen molar-refractivity contribution in [2.45, 2.75) is 0 Å². The second-order valence-electron chi connectivity index (χ2n) is 6.68. The lowest BCUT2D eigenvalue weighted by molar-refractivity contribution is -0.114. The van der Waals surface area contributed by atoms with Gasteiger partial charge in [-0.15, -0.1) is 0 Å². The standard InChI is InChI=1S/C23H16N2O2/c26-21(24-18-12-11-15-5-1-2-6-17(15)13-18)14-25-20-10-4-8-16-7-3-9-19(22(16)20)23(25)27/h1-13H,14H2,(H,24,26). The molecule has 27 heavy (non-hydrogen) atoms. The van der Waals surface area contributed by atoms with E-state index in [1.54, 1.807) is 4.90 Å². The molecule has 5 rings (SSSR count). The van der Waals surface area contributed by atoms with Crippen LogP contribution in [0.1, 0.15) is 10.4 Å². The minimum atomic E-state index is -0.219. The van der Waals surface area contributed by atoms with E-state index in [-0.39, 0.29) is 18.4 Å². The van der Waals surface area contributed by atoms with Gasteiger partial charge in [-0.05, 0) is 40.4 Å². The largest absolute Gasteiger partial charge is 0.325 e. The number of amides is 2. The molecule has 0 bridgehead atoms. The van der Waals surface area contributed by atoms with E-state index in [0.29, 0.717) is 5.56 Å². The van der Waals surface area contributed by atoms with Crippen molar-refractivity contribution in [3.8, 4) is 0 Å². The molecule has 0 atom stereocenters. The summed E-state index contributed by atoms with van der Waals surface area (Å²) in [7, 11) is 0. The first-order valence-corrected chi connectivity index (χ1v) is 8.83. The molecule has 0 saturated carbocycles. The summed E-state index contributed by atoms with van der Waals surface area (Å²) in [6, 6.07) is 25.2. The molecule has 4 aromatic carbocycles. The van der Waals surface area contributed by atoms with Crippen molar-refractivity contribution in [3.63, 3.8) is 0 Å². The fraction of sp³-hybridized carbons (Fsp3) is 0.0435. The van der Waals surface area contributed by atoms with Crippen LogP contribution in [-0.2, 0) is 4.79 Å². The fourth-order valence-corrected chi connectivity index (χ4v) is 3.75. The van der Waals surface area contributed by atoms with Crippen LogP contribution < -0.4 is 10.2 Å². The van der Waals surface area contributed by atoms with Gasteiger partial charge in [0.05, 0.1) is 5.69 Å². The van der Waals surface area contributed by atoms with E-state index in [0.717, 1.165) is 32.9 Å². The van der Waals surface area contributed by atoms with Gasteiger partial charge >= 0.3 is 0 Å². The summed E-state index contributed by atoms with van der Waals surface area (Å²) in [5, 5.41) is 7.02. The summed E-state index contributed by atoms with van der Waals surface area (Å²) >= 11 is 0. The Bertz CT molecular complexity index is 1220. The Hall–Kier alpha value is -3.66. The third kappa shape index (κ3) is 2.54. The Morgan fingerprint density at radius 1 is 0.815 bits per heavy atom. The summed E-state index contributed by atoms with van der Waals surface area (Å²) in [5.74, 6) is -0.348. The molecule has 1 aliphatic rings. The number of hydrogen-bond donors (Lipinski definition) is 1. The molecule has 0 spiro atoms. The molecule has 0 fully saturated rings. The van der Waals surface area contributed by atoms with Gasteiger partial charge in [-0.2, -0.15) is 0 Å². The SMILES string of the molecule is O=C(CN1C(=O)c2cccc3cccc1c23)Nc1ccc2ccccc2c1. The van der Waals surface area contributed by atoms with E-state index in [1.807, 2.05) is 78.9 Å². The normalized spacial score (nSPS) is 12.7. The molecular formula is C23H16N2O2. The van der Waals surface area contributed by atoms with Crippen molar-refractivity contribution in [2.24, 2.45) is 0 Å². The predicted molar refractivity (Wildman–Crippen MR) is 108 cm³/mol. The lowest BCUT2D eigenvalue weighted by atomic mass is 10.1. The Balaban J connectivity index is 1.41. The topological polar surface area (TPSA) is 49.4 Å². The van der Waals surface area contributed by atoms with E-state index in [4.69, 9.17) is 0 Å². The van der Waals surface area contributed by atoms with Crippen LogP contribution in [0.15, 0.2) is 78.9 Å². The molecular weight excluding hydrogens is 336 g/mol. The molecule has 0 unspecified atom stereocenters. The van der Waals surface area contributed by atoms with Crippen LogP contribution in [0.4, 0.5) is 11.4 Å². The monoisotopic (exact) mass is 352 g/mol. The molecule has 4 heteroatoms. The van der Waals surface area contributed by atoms with Gasteiger partial charge in [0.1, 0.15) is 6.54 Å². The van der Waals surface area contributed by atoms with Gasteiger partial charge in [0.2, 0.25) is 5.91 Å². The highest BCUT2D eigenvalue weighted by Crippen LogP contribution is 2.36. The number of benzene rings is 4. The molecule has 4 nitrogen and oxygen atoms in total. The third-order valence-corrected chi connectivity index (χ3v) is 4.98. The lowest BCUT2D eigenvalue weighted by Gasteiger charge is -2.17. The maximum Gasteiger partial charge on any atom is 0.259 e. The highest BCUT2D eigenvalue weighted by Gasteiger charge is 2.30. The van der Waals surface area contributed by atoms with E-state index < -0.39 is 0 Å². The van der Waals surface area contributed by atoms with Gasteiger partial charge in [-0.25, -0.2) is 0 Å². The van der Waals surface area contributed by atoms with Crippen LogP contribution in [0.5, 0.6) is 0 Å². The molecule has 4 aromatic rings. The minimum absolute atomic E-state index is 0.0144. The molecule has 0 radical (unpaired) electrons. The Morgan fingerprint density at radius 3 is 2.41 bits per heavy atom. The number of anilines is 2. The van der Waals surface area contributed by atoms with Gasteiger partial charge in [-0.1, -0.05) is 54.6 Å². The first kappa shape index (κ1) is 15.6. The Kier molecular flexibility index (Phi) is 3.44. The van der Waals surface area contributed by atoms with E-state index in [2.05, 4.69) is 5.32 Å². The number of carbonyl (C=O) groups is 2. The van der Waals surface area contributed by atoms with Crippen LogP contribution in [0.3, 0.4) is 0 Å². The number of nitrogens with zero attached hydrogens (tertiary/aromatic N) is 1. The van der Waals surface area contributed by atoms with Crippen molar-refractivity contribution < 1.29 is 9.59 Å². The average Bonchev–Trinajstić information content (AvgIpc) is 2.96. The zero-order valence-corrected chi connectivity index (χ0v) is 14.5. The zero-order chi connectivity index (χ0) is 18.4. The maximum atomic E-state index is 12.8. The number of nitrogens with one attached hydrogen (secondary N) is 1. The molecule has 1 aliphatic heterocycles. The number of fused-ring (bicyclic) bond motifs is 1. The summed E-state index contributed by atoms with van der Waals surface area (Å²) in [6.07, 6.45) is 0. The minimum Gasteiger partial charge on any atom is -0.325 e. The predicted octanol–water partition coefficient (Wildman–Crippen LogP) is 4.59. The highest BCUT2D eigenvalue weighted by molar-refractivity contribution is 6.26. The van der Waals surface area contributed by atoms with Crippen LogP contribution in [0.2, 0.25) is 0 Å². The molecule has 1 N–H and O–H groups in total. The summed E-state index contributed by atoms with van der Waals surface area (Å²) in [5.41, 5.74) is 2.17. The number of hydrogen-bond acceptors (Lipinski definition) is 2. The molecule has 1 heterocycles. The quantitative estimate of drug-likeness (QED) is 0.586. The van der Waals surface area contributed by atoms with Gasteiger partial charge in [0, 0.05) is 16.6 Å². The van der Waals surface area contributed by atoms with Crippen molar-refractivity contribution >= 4 is 44.7 Å². The second kappa shape index (κ2) is 5.95. The van der Waals surface area contributed by atoms with Crippen molar-refractivity contribution in [2.75, 3.05) is 16.8 Å². The van der Waals surface area contributed by atoms with Gasteiger partial charge < -0.3 is 5.32 Å². The average molecular weight is 352 g/mol. The first-order chi connectivity index (χ1) is 13.2. The molecule has 130 valence electrons. The highest BCUT2D eigenvalue weighted by atomic mass is 16.2. The number of carbonyl (C=O) groups excluding carboxylic acids is 2. The lowest BCUT2D eigenvalue weighted by Crippen LogP contribution is -2.35. The van der Waals surface area contributed by atoms with Gasteiger partial charge in [-0.3, -0.25) is 14.5 Å². The number of rotatable bonds is 3. The smallest absolute Gasteiger partial charge is 0.259 e. The molecule has 0 aliphatic carbocycles. The molecule has 0 aromatic heterocycles. The van der Waals surface area contributed by atoms with E-state index in [1.165, 1.54) is 0 Å². The van der Waals surface area contributed by atoms with Crippen LogP contribution in [0.25, 0.3) is 21.5 Å². The zero-order valence-electron chi connectivity index (χ0n) is 14.5. The summed E-state index contributed by atoms with van der Waals surface area (Å²) in [4.78, 5) is 27.0. The Morgan fingerprint density at radius 2 is 1.56 bits per heavy atom. The summed E-state index contributed by atoms with van der Waals surface area (Å²) < 4.78 is 0. The van der Waals surface area contributed by atoms with Crippen LogP contribution in [-0.4, -0.2) is 18.4 Å². The van der Waals surface area contributed by atoms with Crippen LogP contribution >= 0.6 is 0 Å². The molecule has 0 saturated heterocycles. The van der Waals surface area contributed by atoms with Crippen LogP contribution in [0, 0.1) is 0 Å². The second-order valence-corrected chi connectivity index (χ2v) is 6.68. The Labute approximate surface area is 156 Å². The van der Waals surface area contributed by atoms with Gasteiger partial charge in [0.15, 0.2) is 0 Å². The third-order valence-electron chi connectivity index (χ3n) is 4.98. The van der Waals surface area contributed by atoms with Crippen molar-refractivity contribution in [1.29, 1.82) is 0 Å². The molecule has 2 amide bonds. The maximum absolute atomic E-state index is 12.8. The summed E-state index contributed by atoms with van der Waals surface area (Å²) in [6.45, 7) is -0.0144. The van der Waals surface area contributed by atoms with Gasteiger partial charge in [0.25, 0.3) is 5.91 Å². The van der Waals surface area contributed by atoms with E-state index in [9.17, 15) is 9.59 Å². The van der Waals surface area contributed by atoms with Crippen molar-refractivity contribution in [1.82, 2.24) is 0 Å².